The van der Waals surface area contributed by atoms with Gasteiger partial charge in [-0.15, -0.1) is 0 Å². The number of halogens is 3. The predicted molar refractivity (Wildman–Crippen MR) is 131 cm³/mol. The van der Waals surface area contributed by atoms with Gasteiger partial charge in [0.1, 0.15) is 5.75 Å². The maximum atomic E-state index is 13.8. The molecule has 0 unspecified atom stereocenters. The van der Waals surface area contributed by atoms with Gasteiger partial charge < -0.3 is 20.1 Å². The molecule has 1 amide bonds. The first-order valence-corrected chi connectivity index (χ1v) is 12.9. The maximum Gasteiger partial charge on any atom is 0.491 e. The van der Waals surface area contributed by atoms with E-state index in [1.54, 1.807) is 6.07 Å². The van der Waals surface area contributed by atoms with Crippen LogP contribution >= 0.6 is 0 Å². The van der Waals surface area contributed by atoms with Crippen molar-refractivity contribution in [2.24, 2.45) is 0 Å². The molecule has 204 valence electrons. The first-order chi connectivity index (χ1) is 18.0. The lowest BCUT2D eigenvalue weighted by atomic mass is 10.1. The number of benzene rings is 2. The Morgan fingerprint density at radius 2 is 1.74 bits per heavy atom. The van der Waals surface area contributed by atoms with Gasteiger partial charge in [0.15, 0.2) is 11.4 Å². The fraction of sp³-hybridized carbons (Fsp3) is 0.333. The summed E-state index contributed by atoms with van der Waals surface area (Å²) in [5.41, 5.74) is -0.661. The Morgan fingerprint density at radius 1 is 1.08 bits per heavy atom. The van der Waals surface area contributed by atoms with Crippen LogP contribution in [0.25, 0.3) is 10.9 Å². The van der Waals surface area contributed by atoms with E-state index in [1.165, 1.54) is 50.6 Å². The number of hydrogen-bond donors (Lipinski definition) is 2. The van der Waals surface area contributed by atoms with Crippen molar-refractivity contribution < 1.29 is 40.7 Å². The van der Waals surface area contributed by atoms with E-state index in [0.29, 0.717) is 30.2 Å². The van der Waals surface area contributed by atoms with Crippen molar-refractivity contribution >= 4 is 32.8 Å². The molecule has 1 aliphatic heterocycles. The standard InChI is InChI=1S/C24H25F3N4O6S/c1-28-22(32)20-21(37-23(33)24(25,26)27)19-16(14-30-12-10-29-11-13-30)18(36-2)9-8-17(19)31(20)38(34,35)15-6-4-3-5-7-15/h3-9,29H,10-14H2,1-2H3,(H,28,32). The van der Waals surface area contributed by atoms with Gasteiger partial charge in [-0.1, -0.05) is 18.2 Å². The number of carbonyl (C=O) groups is 2. The average molecular weight is 555 g/mol. The molecule has 0 atom stereocenters. The number of alkyl halides is 3. The summed E-state index contributed by atoms with van der Waals surface area (Å²) in [5, 5.41) is 5.28. The largest absolute Gasteiger partial charge is 0.496 e. The van der Waals surface area contributed by atoms with Crippen LogP contribution in [0.5, 0.6) is 11.5 Å². The summed E-state index contributed by atoms with van der Waals surface area (Å²) in [6.45, 7) is 2.61. The highest BCUT2D eigenvalue weighted by Gasteiger charge is 2.44. The lowest BCUT2D eigenvalue weighted by molar-refractivity contribution is -0.189. The summed E-state index contributed by atoms with van der Waals surface area (Å²) in [7, 11) is -2.03. The van der Waals surface area contributed by atoms with E-state index < -0.39 is 39.5 Å². The van der Waals surface area contributed by atoms with E-state index >= 15 is 0 Å². The molecule has 3 aromatic rings. The number of aromatic nitrogens is 1. The number of rotatable bonds is 7. The topological polar surface area (TPSA) is 119 Å². The fourth-order valence-electron chi connectivity index (χ4n) is 4.32. The normalized spacial score (nSPS) is 14.9. The smallest absolute Gasteiger partial charge is 0.491 e. The molecule has 1 saturated heterocycles. The molecule has 14 heteroatoms. The second-order valence-electron chi connectivity index (χ2n) is 8.39. The van der Waals surface area contributed by atoms with Crippen LogP contribution < -0.4 is 20.1 Å². The monoisotopic (exact) mass is 554 g/mol. The Kier molecular flexibility index (Phi) is 7.67. The van der Waals surface area contributed by atoms with Gasteiger partial charge in [0.25, 0.3) is 15.9 Å². The number of methoxy groups -OCH3 is 1. The van der Waals surface area contributed by atoms with Gasteiger partial charge in [-0.05, 0) is 24.3 Å². The SMILES string of the molecule is CNC(=O)c1c(OC(=O)C(F)(F)F)c2c(CN3CCNCC3)c(OC)ccc2n1S(=O)(=O)c1ccccc1. The van der Waals surface area contributed by atoms with Crippen LogP contribution in [0.1, 0.15) is 16.1 Å². The number of ether oxygens (including phenoxy) is 2. The average Bonchev–Trinajstić information content (AvgIpc) is 3.24. The van der Waals surface area contributed by atoms with Gasteiger partial charge in [0.05, 0.1) is 22.9 Å². The van der Waals surface area contributed by atoms with E-state index in [1.807, 2.05) is 4.90 Å². The maximum absolute atomic E-state index is 13.8. The fourth-order valence-corrected chi connectivity index (χ4v) is 5.85. The molecule has 1 fully saturated rings. The highest BCUT2D eigenvalue weighted by Crippen LogP contribution is 2.42. The third kappa shape index (κ3) is 5.06. The number of amides is 1. The van der Waals surface area contributed by atoms with Crippen molar-refractivity contribution in [3.8, 4) is 11.5 Å². The Morgan fingerprint density at radius 3 is 2.32 bits per heavy atom. The Balaban J connectivity index is 2.11. The quantitative estimate of drug-likeness (QED) is 0.427. The zero-order chi connectivity index (χ0) is 27.7. The lowest BCUT2D eigenvalue weighted by Gasteiger charge is -2.28. The lowest BCUT2D eigenvalue weighted by Crippen LogP contribution is -2.43. The Labute approximate surface area is 216 Å². The number of esters is 1. The van der Waals surface area contributed by atoms with Crippen LogP contribution in [-0.2, 0) is 21.4 Å². The van der Waals surface area contributed by atoms with Crippen molar-refractivity contribution in [1.82, 2.24) is 19.5 Å². The molecule has 38 heavy (non-hydrogen) atoms. The molecule has 0 bridgehead atoms. The van der Waals surface area contributed by atoms with Crippen LogP contribution in [0.3, 0.4) is 0 Å². The molecule has 2 heterocycles. The predicted octanol–water partition coefficient (Wildman–Crippen LogP) is 2.12. The molecular formula is C24H25F3N4O6S. The minimum absolute atomic E-state index is 0.126. The van der Waals surface area contributed by atoms with Crippen LogP contribution in [0, 0.1) is 0 Å². The third-order valence-corrected chi connectivity index (χ3v) is 7.80. The number of nitrogens with zero attached hydrogens (tertiary/aromatic N) is 2. The molecule has 4 rings (SSSR count). The minimum Gasteiger partial charge on any atom is -0.496 e. The van der Waals surface area contributed by atoms with Gasteiger partial charge in [-0.3, -0.25) is 9.69 Å². The van der Waals surface area contributed by atoms with E-state index in [2.05, 4.69) is 10.6 Å². The minimum atomic E-state index is -5.41. The van der Waals surface area contributed by atoms with Crippen LogP contribution in [0.15, 0.2) is 47.4 Å². The summed E-state index contributed by atoms with van der Waals surface area (Å²) in [6.07, 6.45) is -5.41. The molecule has 10 nitrogen and oxygen atoms in total. The zero-order valence-corrected chi connectivity index (χ0v) is 21.3. The summed E-state index contributed by atoms with van der Waals surface area (Å²) >= 11 is 0. The molecule has 0 spiro atoms. The van der Waals surface area contributed by atoms with E-state index in [0.717, 1.165) is 0 Å². The Hall–Kier alpha value is -3.62. The molecule has 0 radical (unpaired) electrons. The highest BCUT2D eigenvalue weighted by molar-refractivity contribution is 7.90. The molecule has 0 aliphatic carbocycles. The number of fused-ring (bicyclic) bond motifs is 1. The third-order valence-electron chi connectivity index (χ3n) is 6.07. The van der Waals surface area contributed by atoms with Crippen molar-refractivity contribution in [2.45, 2.75) is 17.6 Å². The van der Waals surface area contributed by atoms with Gasteiger partial charge >= 0.3 is 12.1 Å². The van der Waals surface area contributed by atoms with Crippen molar-refractivity contribution in [1.29, 1.82) is 0 Å². The summed E-state index contributed by atoms with van der Waals surface area (Å²) in [5.74, 6) is -4.28. The highest BCUT2D eigenvalue weighted by atomic mass is 32.2. The molecule has 0 saturated carbocycles. The van der Waals surface area contributed by atoms with Gasteiger partial charge in [0, 0.05) is 45.3 Å². The number of hydrogen-bond acceptors (Lipinski definition) is 8. The van der Waals surface area contributed by atoms with Crippen LogP contribution in [0.2, 0.25) is 0 Å². The van der Waals surface area contributed by atoms with E-state index in [9.17, 15) is 31.2 Å². The summed E-state index contributed by atoms with van der Waals surface area (Å²) in [6, 6.07) is 9.82. The van der Waals surface area contributed by atoms with Gasteiger partial charge in [-0.25, -0.2) is 17.2 Å². The molecular weight excluding hydrogens is 529 g/mol. The molecule has 2 aromatic carbocycles. The van der Waals surface area contributed by atoms with Crippen molar-refractivity contribution in [2.75, 3.05) is 40.3 Å². The first-order valence-electron chi connectivity index (χ1n) is 11.5. The second kappa shape index (κ2) is 10.6. The molecule has 2 N–H and O–H groups in total. The summed E-state index contributed by atoms with van der Waals surface area (Å²) < 4.78 is 78.5. The number of nitrogens with one attached hydrogen (secondary N) is 2. The summed E-state index contributed by atoms with van der Waals surface area (Å²) in [4.78, 5) is 26.9. The second-order valence-corrected chi connectivity index (χ2v) is 10.2. The van der Waals surface area contributed by atoms with Crippen LogP contribution in [-0.4, -0.2) is 75.7 Å². The molecule has 1 aromatic heterocycles. The van der Waals surface area contributed by atoms with E-state index in [4.69, 9.17) is 9.47 Å². The Bertz CT molecular complexity index is 1470. The molecule has 1 aliphatic rings. The van der Waals surface area contributed by atoms with Crippen molar-refractivity contribution in [3.05, 3.63) is 53.7 Å². The van der Waals surface area contributed by atoms with Crippen molar-refractivity contribution in [3.63, 3.8) is 0 Å². The van der Waals surface area contributed by atoms with Crippen LogP contribution in [0.4, 0.5) is 13.2 Å². The zero-order valence-electron chi connectivity index (χ0n) is 20.5. The van der Waals surface area contributed by atoms with Gasteiger partial charge in [-0.2, -0.15) is 13.2 Å². The number of piperazine rings is 1. The number of carbonyl (C=O) groups excluding carboxylic acids is 2. The first kappa shape index (κ1) is 27.4. The van der Waals surface area contributed by atoms with E-state index in [-0.39, 0.29) is 33.7 Å². The van der Waals surface area contributed by atoms with Gasteiger partial charge in [0.2, 0.25) is 0 Å².